The van der Waals surface area contributed by atoms with Crippen molar-refractivity contribution in [2.24, 2.45) is 11.6 Å². The minimum Gasteiger partial charge on any atom is -0.496 e. The number of nitrogens with zero attached hydrogens (tertiary/aromatic N) is 6. The number of anilines is 1. The molecule has 5 N–H and O–H groups in total. The van der Waals surface area contributed by atoms with E-state index in [2.05, 4.69) is 15.0 Å². The van der Waals surface area contributed by atoms with Gasteiger partial charge in [0.25, 0.3) is 5.91 Å². The molecule has 0 aliphatic carbocycles. The summed E-state index contributed by atoms with van der Waals surface area (Å²) in [7, 11) is 3.01. The van der Waals surface area contributed by atoms with E-state index < -0.39 is 11.6 Å². The minimum absolute atomic E-state index is 0.117. The van der Waals surface area contributed by atoms with Crippen LogP contribution in [0.5, 0.6) is 11.5 Å². The third kappa shape index (κ3) is 7.15. The lowest BCUT2D eigenvalue weighted by Crippen LogP contribution is -2.49. The maximum absolute atomic E-state index is 16.6. The lowest BCUT2D eigenvalue weighted by Gasteiger charge is -2.35. The van der Waals surface area contributed by atoms with Crippen molar-refractivity contribution in [1.82, 2.24) is 29.8 Å². The number of piperazine rings is 1. The first-order chi connectivity index (χ1) is 24.6. The third-order valence-corrected chi connectivity index (χ3v) is 9.27. The molecule has 1 aromatic carbocycles. The normalized spacial score (nSPS) is 15.0. The fraction of sp³-hybridized carbons (Fsp3) is 0.333. The highest BCUT2D eigenvalue weighted by atomic mass is 19.1. The zero-order valence-corrected chi connectivity index (χ0v) is 28.8. The molecule has 15 heteroatoms. The summed E-state index contributed by atoms with van der Waals surface area (Å²) in [5, 5.41) is 1.82. The summed E-state index contributed by atoms with van der Waals surface area (Å²) >= 11 is 0. The number of carbonyl (C=O) groups excluding carboxylic acids is 2. The number of benzene rings is 1. The van der Waals surface area contributed by atoms with Gasteiger partial charge in [0.05, 0.1) is 25.4 Å². The first-order valence-corrected chi connectivity index (χ1v) is 16.6. The average Bonchev–Trinajstić information content (AvgIpc) is 3.61. The largest absolute Gasteiger partial charge is 0.496 e. The fourth-order valence-electron chi connectivity index (χ4n) is 6.53. The van der Waals surface area contributed by atoms with Crippen LogP contribution in [0.4, 0.5) is 14.6 Å². The molecule has 1 fully saturated rings. The first kappa shape index (κ1) is 35.1. The second-order valence-electron chi connectivity index (χ2n) is 12.4. The summed E-state index contributed by atoms with van der Waals surface area (Å²) in [5.74, 6) is 5.80. The highest BCUT2D eigenvalue weighted by Crippen LogP contribution is 2.40. The number of aromatic amines is 1. The maximum atomic E-state index is 16.6. The summed E-state index contributed by atoms with van der Waals surface area (Å²) in [4.78, 5) is 44.1. The summed E-state index contributed by atoms with van der Waals surface area (Å²) in [6.07, 6.45) is 8.66. The van der Waals surface area contributed by atoms with Gasteiger partial charge in [-0.05, 0) is 42.7 Å². The molecule has 0 spiro atoms. The third-order valence-electron chi connectivity index (χ3n) is 9.27. The molecule has 13 nitrogen and oxygen atoms in total. The Kier molecular flexibility index (Phi) is 10.4. The molecule has 0 atom stereocenters. The quantitative estimate of drug-likeness (QED) is 0.164. The van der Waals surface area contributed by atoms with Crippen molar-refractivity contribution in [3.63, 3.8) is 0 Å². The van der Waals surface area contributed by atoms with Crippen LogP contribution in [-0.4, -0.2) is 102 Å². The molecule has 1 saturated heterocycles. The van der Waals surface area contributed by atoms with Crippen molar-refractivity contribution >= 4 is 34.1 Å². The van der Waals surface area contributed by atoms with Gasteiger partial charge in [-0.15, -0.1) is 0 Å². The molecule has 51 heavy (non-hydrogen) atoms. The Morgan fingerprint density at radius 2 is 1.78 bits per heavy atom. The zero-order valence-electron chi connectivity index (χ0n) is 28.8. The van der Waals surface area contributed by atoms with Gasteiger partial charge < -0.3 is 39.9 Å². The lowest BCUT2D eigenvalue weighted by molar-refractivity contribution is -0.130. The summed E-state index contributed by atoms with van der Waals surface area (Å²) < 4.78 is 41.8. The van der Waals surface area contributed by atoms with Crippen LogP contribution in [-0.2, 0) is 4.79 Å². The Morgan fingerprint density at radius 1 is 1.02 bits per heavy atom. The van der Waals surface area contributed by atoms with Crippen molar-refractivity contribution in [3.8, 4) is 22.6 Å². The number of aryl methyl sites for hydroxylation is 1. The number of H-pyrrole nitrogens is 1. The molecule has 2 aliphatic heterocycles. The molecule has 5 heterocycles. The SMILES string of the molecule is COc1ccncc1-c1cc(C2=CCCN(C(=O)CCN(N)/C=C\N)C2)c(F)c2[nH]c(C(=O)N3CCN(c4nc(C)c(F)cc4OC)CC3)cc12. The monoisotopic (exact) mass is 701 g/mol. The molecule has 0 saturated carbocycles. The van der Waals surface area contributed by atoms with Crippen LogP contribution in [0.25, 0.3) is 27.6 Å². The highest BCUT2D eigenvalue weighted by molar-refractivity contribution is 6.05. The van der Waals surface area contributed by atoms with E-state index >= 15 is 4.39 Å². The van der Waals surface area contributed by atoms with Gasteiger partial charge in [0.2, 0.25) is 5.91 Å². The van der Waals surface area contributed by atoms with Crippen LogP contribution in [0.1, 0.15) is 34.6 Å². The number of ether oxygens (including phenoxy) is 2. The van der Waals surface area contributed by atoms with E-state index in [0.29, 0.717) is 84.1 Å². The second kappa shape index (κ2) is 15.0. The van der Waals surface area contributed by atoms with Gasteiger partial charge in [-0.2, -0.15) is 0 Å². The van der Waals surface area contributed by atoms with E-state index in [0.717, 1.165) is 0 Å². The van der Waals surface area contributed by atoms with Gasteiger partial charge in [-0.1, -0.05) is 6.08 Å². The average molecular weight is 702 g/mol. The Balaban J connectivity index is 1.30. The van der Waals surface area contributed by atoms with Gasteiger partial charge in [-0.3, -0.25) is 14.6 Å². The van der Waals surface area contributed by atoms with Gasteiger partial charge >= 0.3 is 0 Å². The van der Waals surface area contributed by atoms with Gasteiger partial charge in [0.1, 0.15) is 17.3 Å². The number of amides is 2. The van der Waals surface area contributed by atoms with Crippen molar-refractivity contribution in [2.75, 3.05) is 64.9 Å². The number of carbonyl (C=O) groups is 2. The van der Waals surface area contributed by atoms with Crippen LogP contribution in [0.2, 0.25) is 0 Å². The number of nitrogens with one attached hydrogen (secondary N) is 1. The number of aromatic nitrogens is 3. The Hall–Kier alpha value is -5.70. The molecule has 0 unspecified atom stereocenters. The molecule has 6 rings (SSSR count). The molecular weight excluding hydrogens is 660 g/mol. The van der Waals surface area contributed by atoms with Gasteiger partial charge in [0, 0.05) is 99.6 Å². The van der Waals surface area contributed by atoms with E-state index in [-0.39, 0.29) is 48.2 Å². The molecule has 268 valence electrons. The van der Waals surface area contributed by atoms with Crippen LogP contribution in [0.3, 0.4) is 0 Å². The molecular formula is C36H41F2N9O4. The molecule has 3 aromatic heterocycles. The number of hydrogen-bond acceptors (Lipinski definition) is 10. The number of nitrogens with two attached hydrogens (primary N) is 2. The van der Waals surface area contributed by atoms with Crippen molar-refractivity contribution in [2.45, 2.75) is 19.8 Å². The topological polar surface area (TPSA) is 159 Å². The molecule has 2 amide bonds. The molecule has 2 aliphatic rings. The highest BCUT2D eigenvalue weighted by Gasteiger charge is 2.29. The van der Waals surface area contributed by atoms with Crippen LogP contribution in [0, 0.1) is 18.6 Å². The van der Waals surface area contributed by atoms with E-state index in [1.54, 1.807) is 54.4 Å². The number of halogens is 2. The smallest absolute Gasteiger partial charge is 0.270 e. The molecule has 0 radical (unpaired) electrons. The predicted molar refractivity (Wildman–Crippen MR) is 190 cm³/mol. The summed E-state index contributed by atoms with van der Waals surface area (Å²) in [5.41, 5.74) is 8.21. The number of fused-ring (bicyclic) bond motifs is 1. The van der Waals surface area contributed by atoms with E-state index in [1.165, 1.54) is 30.6 Å². The van der Waals surface area contributed by atoms with Crippen molar-refractivity contribution in [3.05, 3.63) is 83.7 Å². The molecule has 0 bridgehead atoms. The Bertz CT molecular complexity index is 2010. The standard InChI is InChI=1S/C36H41F2N9O4/c1-22-28(37)19-31(51-3)35(42-22)44-13-15-45(16-14-44)36(49)29-18-26-25(27-20-41-9-6-30(27)50-2)17-24(33(38)34(26)43-29)23-5-4-10-46(21-23)32(48)7-11-47(40)12-8-39/h5-6,8-9,12,17-20,43H,4,7,10-11,13-16,21,39-40H2,1-3H3/b12-8-. The van der Waals surface area contributed by atoms with Crippen molar-refractivity contribution in [1.29, 1.82) is 0 Å². The van der Waals surface area contributed by atoms with Crippen LogP contribution >= 0.6 is 0 Å². The van der Waals surface area contributed by atoms with Crippen molar-refractivity contribution < 1.29 is 27.8 Å². The molecule has 4 aromatic rings. The maximum Gasteiger partial charge on any atom is 0.270 e. The number of rotatable bonds is 10. The number of pyridine rings is 2. The zero-order chi connectivity index (χ0) is 36.2. The van der Waals surface area contributed by atoms with Gasteiger partial charge in [0.15, 0.2) is 17.4 Å². The summed E-state index contributed by atoms with van der Waals surface area (Å²) in [6.45, 7) is 4.14. The van der Waals surface area contributed by atoms with E-state index in [1.807, 2.05) is 11.0 Å². The minimum atomic E-state index is -0.535. The number of methoxy groups -OCH3 is 2. The number of hydrazine groups is 1. The predicted octanol–water partition coefficient (Wildman–Crippen LogP) is 3.80. The first-order valence-electron chi connectivity index (χ1n) is 16.6. The summed E-state index contributed by atoms with van der Waals surface area (Å²) in [6, 6.07) is 6.42. The Morgan fingerprint density at radius 3 is 2.51 bits per heavy atom. The van der Waals surface area contributed by atoms with Crippen LogP contribution < -0.4 is 25.9 Å². The van der Waals surface area contributed by atoms with E-state index in [4.69, 9.17) is 21.1 Å². The Labute approximate surface area is 294 Å². The fourth-order valence-corrected chi connectivity index (χ4v) is 6.53. The number of hydrogen-bond donors (Lipinski definition) is 3. The van der Waals surface area contributed by atoms with E-state index in [9.17, 15) is 14.0 Å². The second-order valence-corrected chi connectivity index (χ2v) is 12.4. The lowest BCUT2D eigenvalue weighted by atomic mass is 9.93. The van der Waals surface area contributed by atoms with Crippen LogP contribution in [0.15, 0.2) is 55.1 Å². The van der Waals surface area contributed by atoms with Gasteiger partial charge in [-0.25, -0.2) is 19.6 Å².